The third kappa shape index (κ3) is 1.39. The molecule has 0 spiro atoms. The van der Waals surface area contributed by atoms with Crippen molar-refractivity contribution in [3.8, 4) is 0 Å². The Morgan fingerprint density at radius 3 is 2.72 bits per heavy atom. The topological polar surface area (TPSA) is 42.2 Å². The largest absolute Gasteiger partial charge is 0.472 e. The molecule has 0 radical (unpaired) electrons. The molecule has 0 aliphatic heterocycles. The number of rotatable bonds is 2. The molecule has 0 saturated heterocycles. The van der Waals surface area contributed by atoms with Crippen LogP contribution in [0.15, 0.2) is 23.0 Å². The number of nitrogens with one attached hydrogen (secondary N) is 1. The molecule has 1 aromatic heterocycles. The van der Waals surface area contributed by atoms with Gasteiger partial charge in [-0.25, -0.2) is 0 Å². The lowest BCUT2D eigenvalue weighted by Gasteiger charge is -2.39. The summed E-state index contributed by atoms with van der Waals surface area (Å²) in [5.74, 6) is 0.746. The van der Waals surface area contributed by atoms with Crippen molar-refractivity contribution in [1.29, 1.82) is 0 Å². The van der Waals surface area contributed by atoms with Gasteiger partial charge in [-0.2, -0.15) is 0 Å². The fourth-order valence-electron chi connectivity index (χ4n) is 4.06. The van der Waals surface area contributed by atoms with Crippen LogP contribution >= 0.6 is 0 Å². The minimum absolute atomic E-state index is 0.00155. The van der Waals surface area contributed by atoms with Gasteiger partial charge in [0.1, 0.15) is 6.26 Å². The van der Waals surface area contributed by atoms with E-state index >= 15 is 0 Å². The molecule has 2 aliphatic rings. The van der Waals surface area contributed by atoms with Gasteiger partial charge >= 0.3 is 0 Å². The standard InChI is InChI=1S/C15H21NO2/c1-14(2)11-4-6-15(14,3)12(8-11)16-13(17)10-5-7-18-9-10/h5,7,9,11-12H,4,6,8H2,1-3H3,(H,16,17). The first-order valence-electron chi connectivity index (χ1n) is 6.78. The van der Waals surface area contributed by atoms with Gasteiger partial charge in [0.05, 0.1) is 11.8 Å². The predicted molar refractivity (Wildman–Crippen MR) is 69.2 cm³/mol. The Balaban J connectivity index is 1.78. The fraction of sp³-hybridized carbons (Fsp3) is 0.667. The lowest BCUT2D eigenvalue weighted by Crippen LogP contribution is -2.46. The van der Waals surface area contributed by atoms with Crippen LogP contribution in [0.5, 0.6) is 0 Å². The molecule has 3 nitrogen and oxygen atoms in total. The molecular weight excluding hydrogens is 226 g/mol. The van der Waals surface area contributed by atoms with E-state index in [1.54, 1.807) is 12.3 Å². The average molecular weight is 247 g/mol. The summed E-state index contributed by atoms with van der Waals surface area (Å²) in [5, 5.41) is 3.21. The van der Waals surface area contributed by atoms with Crippen molar-refractivity contribution in [2.24, 2.45) is 16.7 Å². The van der Waals surface area contributed by atoms with Crippen LogP contribution in [0.3, 0.4) is 0 Å². The van der Waals surface area contributed by atoms with Crippen LogP contribution in [-0.4, -0.2) is 11.9 Å². The highest BCUT2D eigenvalue weighted by Crippen LogP contribution is 2.65. The Labute approximate surface area is 108 Å². The molecule has 1 N–H and O–H groups in total. The first-order chi connectivity index (χ1) is 8.45. The van der Waals surface area contributed by atoms with Gasteiger partial charge in [-0.1, -0.05) is 20.8 Å². The van der Waals surface area contributed by atoms with Crippen molar-refractivity contribution in [3.63, 3.8) is 0 Å². The summed E-state index contributed by atoms with van der Waals surface area (Å²) in [6.45, 7) is 7.05. The van der Waals surface area contributed by atoms with Crippen molar-refractivity contribution in [3.05, 3.63) is 24.2 Å². The van der Waals surface area contributed by atoms with Gasteiger partial charge in [0.15, 0.2) is 0 Å². The SMILES string of the molecule is CC1(C)C2CCC1(C)C(NC(=O)c1ccoc1)C2. The minimum atomic E-state index is -0.00155. The van der Waals surface area contributed by atoms with Crippen LogP contribution in [0.1, 0.15) is 50.4 Å². The van der Waals surface area contributed by atoms with Crippen LogP contribution < -0.4 is 5.32 Å². The molecular formula is C15H21NO2. The lowest BCUT2D eigenvalue weighted by molar-refractivity contribution is 0.0825. The maximum Gasteiger partial charge on any atom is 0.254 e. The van der Waals surface area contributed by atoms with Gasteiger partial charge in [0.25, 0.3) is 5.91 Å². The third-order valence-corrected chi connectivity index (χ3v) is 5.88. The fourth-order valence-corrected chi connectivity index (χ4v) is 4.06. The smallest absolute Gasteiger partial charge is 0.254 e. The Hall–Kier alpha value is -1.25. The molecule has 3 rings (SSSR count). The number of fused-ring (bicyclic) bond motifs is 2. The summed E-state index contributed by atoms with van der Waals surface area (Å²) in [6.07, 6.45) is 6.70. The summed E-state index contributed by atoms with van der Waals surface area (Å²) >= 11 is 0. The number of hydrogen-bond acceptors (Lipinski definition) is 2. The van der Waals surface area contributed by atoms with Crippen molar-refractivity contribution >= 4 is 5.91 Å². The summed E-state index contributed by atoms with van der Waals surface area (Å²) < 4.78 is 4.97. The number of carbonyl (C=O) groups excluding carboxylic acids is 1. The maximum absolute atomic E-state index is 12.1. The summed E-state index contributed by atoms with van der Waals surface area (Å²) in [6, 6.07) is 2.02. The van der Waals surface area contributed by atoms with Gasteiger partial charge in [-0.15, -0.1) is 0 Å². The van der Waals surface area contributed by atoms with Gasteiger partial charge in [-0.3, -0.25) is 4.79 Å². The second-order valence-electron chi connectivity index (χ2n) is 6.65. The van der Waals surface area contributed by atoms with Crippen molar-refractivity contribution in [2.75, 3.05) is 0 Å². The van der Waals surface area contributed by atoms with E-state index in [0.29, 0.717) is 17.0 Å². The molecule has 2 aliphatic carbocycles. The quantitative estimate of drug-likeness (QED) is 0.871. The number of furan rings is 1. The first-order valence-corrected chi connectivity index (χ1v) is 6.78. The molecule has 2 saturated carbocycles. The van der Waals surface area contributed by atoms with Crippen molar-refractivity contribution in [2.45, 2.75) is 46.1 Å². The maximum atomic E-state index is 12.1. The highest BCUT2D eigenvalue weighted by molar-refractivity contribution is 5.94. The predicted octanol–water partition coefficient (Wildman–Crippen LogP) is 3.22. The molecule has 1 heterocycles. The molecule has 0 aromatic carbocycles. The van der Waals surface area contributed by atoms with Gasteiger partial charge < -0.3 is 9.73 Å². The molecule has 3 atom stereocenters. The van der Waals surface area contributed by atoms with Crippen molar-refractivity contribution < 1.29 is 9.21 Å². The van der Waals surface area contributed by atoms with Crippen LogP contribution in [0.4, 0.5) is 0 Å². The van der Waals surface area contributed by atoms with E-state index in [1.807, 2.05) is 0 Å². The number of amides is 1. The Morgan fingerprint density at radius 1 is 1.44 bits per heavy atom. The van der Waals surface area contributed by atoms with E-state index in [0.717, 1.165) is 12.3 Å². The second-order valence-corrected chi connectivity index (χ2v) is 6.65. The Kier molecular flexibility index (Phi) is 2.38. The van der Waals surface area contributed by atoms with Gasteiger partial charge in [0, 0.05) is 6.04 Å². The molecule has 3 heteroatoms. The van der Waals surface area contributed by atoms with E-state index in [4.69, 9.17) is 4.42 Å². The number of hydrogen-bond donors (Lipinski definition) is 1. The zero-order valence-corrected chi connectivity index (χ0v) is 11.3. The van der Waals surface area contributed by atoms with Crippen LogP contribution in [0.2, 0.25) is 0 Å². The van der Waals surface area contributed by atoms with Crippen molar-refractivity contribution in [1.82, 2.24) is 5.32 Å². The molecule has 1 amide bonds. The molecule has 98 valence electrons. The first kappa shape index (κ1) is 11.8. The molecule has 1 aromatic rings. The van der Waals surface area contributed by atoms with Gasteiger partial charge in [0.2, 0.25) is 0 Å². The average Bonchev–Trinajstić information content (AvgIpc) is 2.95. The monoisotopic (exact) mass is 247 g/mol. The zero-order valence-electron chi connectivity index (χ0n) is 11.3. The highest BCUT2D eigenvalue weighted by atomic mass is 16.3. The Morgan fingerprint density at radius 2 is 2.22 bits per heavy atom. The number of carbonyl (C=O) groups is 1. The summed E-state index contributed by atoms with van der Waals surface area (Å²) in [4.78, 5) is 12.1. The van der Waals surface area contributed by atoms with E-state index in [9.17, 15) is 4.79 Å². The molecule has 2 bridgehead atoms. The van der Waals surface area contributed by atoms with Crippen LogP contribution in [-0.2, 0) is 0 Å². The Bertz CT molecular complexity index is 463. The van der Waals surface area contributed by atoms with Gasteiger partial charge in [-0.05, 0) is 42.1 Å². The summed E-state index contributed by atoms with van der Waals surface area (Å²) in [7, 11) is 0. The van der Waals surface area contributed by atoms with Crippen LogP contribution in [0, 0.1) is 16.7 Å². The second kappa shape index (κ2) is 3.62. The third-order valence-electron chi connectivity index (χ3n) is 5.88. The van der Waals surface area contributed by atoms with E-state index in [1.165, 1.54) is 19.1 Å². The van der Waals surface area contributed by atoms with E-state index < -0.39 is 0 Å². The molecule has 3 unspecified atom stereocenters. The zero-order chi connectivity index (χ0) is 13.0. The summed E-state index contributed by atoms with van der Waals surface area (Å²) in [5.41, 5.74) is 1.19. The highest BCUT2D eigenvalue weighted by Gasteiger charge is 2.61. The normalized spacial score (nSPS) is 36.8. The molecule has 2 fully saturated rings. The lowest BCUT2D eigenvalue weighted by atomic mass is 9.69. The van der Waals surface area contributed by atoms with E-state index in [-0.39, 0.29) is 11.3 Å². The minimum Gasteiger partial charge on any atom is -0.472 e. The van der Waals surface area contributed by atoms with E-state index in [2.05, 4.69) is 26.1 Å². The molecule has 18 heavy (non-hydrogen) atoms. The van der Waals surface area contributed by atoms with Crippen LogP contribution in [0.25, 0.3) is 0 Å².